The molecule has 1 atom stereocenters. The average molecular weight is 213 g/mol. The van der Waals surface area contributed by atoms with Crippen molar-refractivity contribution < 1.29 is 4.79 Å². The normalized spacial score (nSPS) is 12.7. The number of nitrogens with two attached hydrogens (primary N) is 1. The summed E-state index contributed by atoms with van der Waals surface area (Å²) in [4.78, 5) is 10.8. The average Bonchev–Trinajstić information content (AvgIpc) is 2.21. The number of hydrogen-bond acceptors (Lipinski definition) is 1. The molecule has 0 heterocycles. The minimum absolute atomic E-state index is 0.0603. The minimum Gasteiger partial charge on any atom is -0.369 e. The number of primary amides is 1. The van der Waals surface area contributed by atoms with Gasteiger partial charge in [0, 0.05) is 5.92 Å². The lowest BCUT2D eigenvalue weighted by atomic mass is 10.0. The third-order valence-electron chi connectivity index (χ3n) is 2.98. The van der Waals surface area contributed by atoms with Gasteiger partial charge in [0.05, 0.1) is 0 Å². The molecule has 2 nitrogen and oxygen atoms in total. The monoisotopic (exact) mass is 213 g/mol. The molecule has 0 radical (unpaired) electrons. The molecule has 0 spiro atoms. The first-order chi connectivity index (χ1) is 7.18. The number of carbonyl (C=O) groups is 1. The van der Waals surface area contributed by atoms with Gasteiger partial charge in [-0.2, -0.15) is 0 Å². The molecule has 0 rings (SSSR count). The van der Waals surface area contributed by atoms with Crippen molar-refractivity contribution in [3.63, 3.8) is 0 Å². The summed E-state index contributed by atoms with van der Waals surface area (Å²) in [5, 5.41) is 0. The van der Waals surface area contributed by atoms with E-state index < -0.39 is 0 Å². The van der Waals surface area contributed by atoms with Gasteiger partial charge in [-0.05, 0) is 6.42 Å². The van der Waals surface area contributed by atoms with Crippen LogP contribution >= 0.6 is 0 Å². The van der Waals surface area contributed by atoms with Crippen molar-refractivity contribution in [3.8, 4) is 0 Å². The Kier molecular flexibility index (Phi) is 9.65. The van der Waals surface area contributed by atoms with Crippen LogP contribution < -0.4 is 5.73 Å². The van der Waals surface area contributed by atoms with Crippen LogP contribution in [0.25, 0.3) is 0 Å². The van der Waals surface area contributed by atoms with Crippen LogP contribution in [-0.4, -0.2) is 5.91 Å². The summed E-state index contributed by atoms with van der Waals surface area (Å²) in [7, 11) is 0. The Labute approximate surface area is 94.6 Å². The third-order valence-corrected chi connectivity index (χ3v) is 2.98. The van der Waals surface area contributed by atoms with E-state index >= 15 is 0 Å². The number of hydrogen-bond donors (Lipinski definition) is 1. The molecule has 0 aromatic carbocycles. The second-order valence-corrected chi connectivity index (χ2v) is 4.57. The van der Waals surface area contributed by atoms with Gasteiger partial charge >= 0.3 is 0 Å². The van der Waals surface area contributed by atoms with Gasteiger partial charge in [-0.1, -0.05) is 65.2 Å². The van der Waals surface area contributed by atoms with Gasteiger partial charge in [0.2, 0.25) is 5.91 Å². The van der Waals surface area contributed by atoms with Crippen molar-refractivity contribution in [1.29, 1.82) is 0 Å². The van der Waals surface area contributed by atoms with E-state index in [9.17, 15) is 4.79 Å². The Hall–Kier alpha value is -0.530. The van der Waals surface area contributed by atoms with Gasteiger partial charge in [-0.15, -0.1) is 0 Å². The predicted molar refractivity (Wildman–Crippen MR) is 65.6 cm³/mol. The fourth-order valence-corrected chi connectivity index (χ4v) is 1.73. The first kappa shape index (κ1) is 14.5. The lowest BCUT2D eigenvalue weighted by molar-refractivity contribution is -0.121. The molecule has 90 valence electrons. The molecule has 0 fully saturated rings. The maximum atomic E-state index is 10.8. The predicted octanol–water partition coefficient (Wildman–Crippen LogP) is 3.64. The zero-order chi connectivity index (χ0) is 11.5. The second-order valence-electron chi connectivity index (χ2n) is 4.57. The Morgan fingerprint density at radius 1 is 1.00 bits per heavy atom. The second kappa shape index (κ2) is 10.0. The van der Waals surface area contributed by atoms with E-state index in [1.54, 1.807) is 0 Å². The van der Waals surface area contributed by atoms with Gasteiger partial charge in [0.15, 0.2) is 0 Å². The Morgan fingerprint density at radius 3 is 1.93 bits per heavy atom. The molecule has 2 heteroatoms. The molecule has 0 saturated carbocycles. The highest BCUT2D eigenvalue weighted by Crippen LogP contribution is 2.12. The van der Waals surface area contributed by atoms with Crippen LogP contribution in [0.1, 0.15) is 71.6 Å². The molecule has 0 aliphatic heterocycles. The molecule has 0 aliphatic carbocycles. The standard InChI is InChI=1S/C13H27NO/c1-3-4-5-6-7-8-9-10-11-12(2)13(14)15/h12H,3-11H2,1-2H3,(H2,14,15). The highest BCUT2D eigenvalue weighted by molar-refractivity contribution is 5.76. The van der Waals surface area contributed by atoms with Crippen LogP contribution in [0.3, 0.4) is 0 Å². The molecule has 0 aromatic heterocycles. The van der Waals surface area contributed by atoms with Crippen LogP contribution in [0.2, 0.25) is 0 Å². The van der Waals surface area contributed by atoms with Crippen LogP contribution in [-0.2, 0) is 4.79 Å². The highest BCUT2D eigenvalue weighted by atomic mass is 16.1. The van der Waals surface area contributed by atoms with Crippen molar-refractivity contribution in [2.24, 2.45) is 11.7 Å². The van der Waals surface area contributed by atoms with Crippen molar-refractivity contribution in [1.82, 2.24) is 0 Å². The summed E-state index contributed by atoms with van der Waals surface area (Å²) in [6, 6.07) is 0. The van der Waals surface area contributed by atoms with Crippen LogP contribution in [0, 0.1) is 5.92 Å². The summed E-state index contributed by atoms with van der Waals surface area (Å²) in [6.07, 6.45) is 11.5. The van der Waals surface area contributed by atoms with Crippen LogP contribution in [0.5, 0.6) is 0 Å². The van der Waals surface area contributed by atoms with E-state index in [1.165, 1.54) is 44.9 Å². The molecular formula is C13H27NO. The third kappa shape index (κ3) is 9.77. The number of rotatable bonds is 10. The van der Waals surface area contributed by atoms with E-state index in [4.69, 9.17) is 5.73 Å². The first-order valence-corrected chi connectivity index (χ1v) is 6.47. The summed E-state index contributed by atoms with van der Waals surface area (Å²) in [5.41, 5.74) is 5.19. The number of carbonyl (C=O) groups excluding carboxylic acids is 1. The fraction of sp³-hybridized carbons (Fsp3) is 0.923. The van der Waals surface area contributed by atoms with Gasteiger partial charge in [-0.25, -0.2) is 0 Å². The van der Waals surface area contributed by atoms with E-state index in [1.807, 2.05) is 6.92 Å². The Morgan fingerprint density at radius 2 is 1.47 bits per heavy atom. The summed E-state index contributed by atoms with van der Waals surface area (Å²) >= 11 is 0. The van der Waals surface area contributed by atoms with Crippen molar-refractivity contribution in [2.45, 2.75) is 71.6 Å². The number of unbranched alkanes of at least 4 members (excludes halogenated alkanes) is 7. The molecule has 1 unspecified atom stereocenters. The summed E-state index contributed by atoms with van der Waals surface area (Å²) in [5.74, 6) is -0.0944. The molecular weight excluding hydrogens is 186 g/mol. The zero-order valence-corrected chi connectivity index (χ0v) is 10.4. The highest BCUT2D eigenvalue weighted by Gasteiger charge is 2.06. The number of amides is 1. The molecule has 0 bridgehead atoms. The SMILES string of the molecule is CCCCCCCCCCC(C)C(N)=O. The molecule has 0 aromatic rings. The minimum atomic E-state index is -0.155. The van der Waals surface area contributed by atoms with Crippen LogP contribution in [0.4, 0.5) is 0 Å². The van der Waals surface area contributed by atoms with Crippen LogP contribution in [0.15, 0.2) is 0 Å². The van der Waals surface area contributed by atoms with Gasteiger partial charge in [-0.3, -0.25) is 4.79 Å². The van der Waals surface area contributed by atoms with Crippen molar-refractivity contribution in [3.05, 3.63) is 0 Å². The fourth-order valence-electron chi connectivity index (χ4n) is 1.73. The lowest BCUT2D eigenvalue weighted by Gasteiger charge is -2.06. The van der Waals surface area contributed by atoms with Gasteiger partial charge < -0.3 is 5.73 Å². The van der Waals surface area contributed by atoms with E-state index in [2.05, 4.69) is 6.92 Å². The summed E-state index contributed by atoms with van der Waals surface area (Å²) in [6.45, 7) is 4.16. The Balaban J connectivity index is 3.08. The molecule has 1 amide bonds. The quantitative estimate of drug-likeness (QED) is 0.553. The lowest BCUT2D eigenvalue weighted by Crippen LogP contribution is -2.20. The van der Waals surface area contributed by atoms with E-state index in [0.717, 1.165) is 12.8 Å². The molecule has 0 aliphatic rings. The topological polar surface area (TPSA) is 43.1 Å². The largest absolute Gasteiger partial charge is 0.369 e. The Bertz CT molecular complexity index is 157. The van der Waals surface area contributed by atoms with E-state index in [0.29, 0.717) is 0 Å². The van der Waals surface area contributed by atoms with Gasteiger partial charge in [0.25, 0.3) is 0 Å². The zero-order valence-electron chi connectivity index (χ0n) is 10.4. The molecule has 0 saturated heterocycles. The van der Waals surface area contributed by atoms with Gasteiger partial charge in [0.1, 0.15) is 0 Å². The molecule has 2 N–H and O–H groups in total. The van der Waals surface area contributed by atoms with E-state index in [-0.39, 0.29) is 11.8 Å². The maximum absolute atomic E-state index is 10.8. The van der Waals surface area contributed by atoms with Crippen molar-refractivity contribution >= 4 is 5.91 Å². The smallest absolute Gasteiger partial charge is 0.220 e. The van der Waals surface area contributed by atoms with Crippen molar-refractivity contribution in [2.75, 3.05) is 0 Å². The summed E-state index contributed by atoms with van der Waals surface area (Å²) < 4.78 is 0. The molecule has 15 heavy (non-hydrogen) atoms. The first-order valence-electron chi connectivity index (χ1n) is 6.47. The maximum Gasteiger partial charge on any atom is 0.220 e.